The van der Waals surface area contributed by atoms with Crippen molar-refractivity contribution in [1.29, 1.82) is 0 Å². The maximum absolute atomic E-state index is 11.3. The third-order valence-corrected chi connectivity index (χ3v) is 4.19. The number of nitrogens with two attached hydrogens (primary N) is 1. The molecule has 2 aliphatic heterocycles. The highest BCUT2D eigenvalue weighted by atomic mass is 16.2. The van der Waals surface area contributed by atoms with Crippen molar-refractivity contribution in [2.45, 2.75) is 51.2 Å². The summed E-state index contributed by atoms with van der Waals surface area (Å²) in [6.45, 7) is 7.86. The summed E-state index contributed by atoms with van der Waals surface area (Å²) in [6, 6.07) is 1.51. The molecule has 2 saturated heterocycles. The molecule has 2 rings (SSSR count). The molecule has 3 N–H and O–H groups in total. The molecule has 0 aliphatic carbocycles. The Bertz CT molecular complexity index is 284. The van der Waals surface area contributed by atoms with Crippen LogP contribution in [-0.4, -0.2) is 53.5 Å². The van der Waals surface area contributed by atoms with Gasteiger partial charge in [0.2, 0.25) is 5.91 Å². The van der Waals surface area contributed by atoms with Gasteiger partial charge < -0.3 is 0 Å². The van der Waals surface area contributed by atoms with E-state index < -0.39 is 0 Å². The summed E-state index contributed by atoms with van der Waals surface area (Å²) in [5, 5.41) is 0. The Kier molecular flexibility index (Phi) is 4.01. The molecule has 0 saturated carbocycles. The van der Waals surface area contributed by atoms with Crippen LogP contribution < -0.4 is 11.3 Å². The number of hydrogen-bond donors (Lipinski definition) is 2. The number of nitrogens with zero attached hydrogens (tertiary/aromatic N) is 2. The summed E-state index contributed by atoms with van der Waals surface area (Å²) in [6.07, 6.45) is 3.12. The van der Waals surface area contributed by atoms with E-state index >= 15 is 0 Å². The van der Waals surface area contributed by atoms with Gasteiger partial charge in [-0.3, -0.25) is 20.0 Å². The highest BCUT2D eigenvalue weighted by Crippen LogP contribution is 2.26. The van der Waals surface area contributed by atoms with E-state index in [4.69, 9.17) is 5.84 Å². The Balaban J connectivity index is 1.93. The molecule has 2 aliphatic rings. The molecule has 3 atom stereocenters. The first-order chi connectivity index (χ1) is 8.11. The molecule has 5 heteroatoms. The number of nitrogens with one attached hydrogen (secondary N) is 1. The van der Waals surface area contributed by atoms with Crippen molar-refractivity contribution in [3.63, 3.8) is 0 Å². The fourth-order valence-electron chi connectivity index (χ4n) is 3.27. The maximum Gasteiger partial charge on any atom is 0.235 e. The predicted molar refractivity (Wildman–Crippen MR) is 67.2 cm³/mol. The van der Waals surface area contributed by atoms with Crippen molar-refractivity contribution in [2.24, 2.45) is 5.84 Å². The summed E-state index contributed by atoms with van der Waals surface area (Å²) in [7, 11) is 0. The van der Waals surface area contributed by atoms with E-state index in [0.717, 1.165) is 13.1 Å². The number of carbonyl (C=O) groups excluding carboxylic acids is 1. The average molecular weight is 240 g/mol. The van der Waals surface area contributed by atoms with Gasteiger partial charge in [-0.05, 0) is 33.2 Å². The van der Waals surface area contributed by atoms with Crippen LogP contribution in [0.4, 0.5) is 0 Å². The Morgan fingerprint density at radius 1 is 1.53 bits per heavy atom. The number of hydrogen-bond acceptors (Lipinski definition) is 4. The zero-order valence-corrected chi connectivity index (χ0v) is 10.9. The smallest absolute Gasteiger partial charge is 0.235 e. The summed E-state index contributed by atoms with van der Waals surface area (Å²) < 4.78 is 0. The second-order valence-corrected chi connectivity index (χ2v) is 5.46. The first kappa shape index (κ1) is 12.8. The van der Waals surface area contributed by atoms with Crippen molar-refractivity contribution in [1.82, 2.24) is 15.2 Å². The monoisotopic (exact) mass is 240 g/mol. The summed E-state index contributed by atoms with van der Waals surface area (Å²) >= 11 is 0. The Labute approximate surface area is 103 Å². The van der Waals surface area contributed by atoms with Crippen molar-refractivity contribution < 1.29 is 4.79 Å². The maximum atomic E-state index is 11.3. The highest BCUT2D eigenvalue weighted by molar-refractivity contribution is 5.75. The van der Waals surface area contributed by atoms with Crippen LogP contribution in [0.15, 0.2) is 0 Å². The molecule has 1 amide bonds. The summed E-state index contributed by atoms with van der Waals surface area (Å²) in [4.78, 5) is 16.4. The Hall–Kier alpha value is -0.650. The topological polar surface area (TPSA) is 61.6 Å². The van der Waals surface area contributed by atoms with Crippen LogP contribution in [0.3, 0.4) is 0 Å². The van der Waals surface area contributed by atoms with E-state index in [1.807, 2.05) is 0 Å². The molecule has 2 fully saturated rings. The van der Waals surface area contributed by atoms with Gasteiger partial charge in [0.15, 0.2) is 0 Å². The fraction of sp³-hybridized carbons (Fsp3) is 0.917. The van der Waals surface area contributed by atoms with Crippen molar-refractivity contribution >= 4 is 5.91 Å². The lowest BCUT2D eigenvalue weighted by Gasteiger charge is -2.45. The number of rotatable bonds is 3. The Morgan fingerprint density at radius 3 is 3.00 bits per heavy atom. The van der Waals surface area contributed by atoms with Gasteiger partial charge >= 0.3 is 0 Å². The van der Waals surface area contributed by atoms with Crippen LogP contribution in [0.1, 0.15) is 33.1 Å². The van der Waals surface area contributed by atoms with Gasteiger partial charge in [-0.2, -0.15) is 0 Å². The van der Waals surface area contributed by atoms with Crippen LogP contribution in [0.2, 0.25) is 0 Å². The number of hydrazine groups is 1. The average Bonchev–Trinajstić information content (AvgIpc) is 2.74. The second-order valence-electron chi connectivity index (χ2n) is 5.46. The van der Waals surface area contributed by atoms with Crippen molar-refractivity contribution in [2.75, 3.05) is 19.6 Å². The van der Waals surface area contributed by atoms with Gasteiger partial charge in [-0.1, -0.05) is 0 Å². The van der Waals surface area contributed by atoms with E-state index in [0.29, 0.717) is 18.5 Å². The number of amides is 1. The standard InChI is InChI=1S/C12H24N4O/c1-9(6-12(17)14-13)16-8-11-4-3-5-15(11)7-10(16)2/h9-11H,3-8,13H2,1-2H3,(H,14,17). The van der Waals surface area contributed by atoms with E-state index in [1.165, 1.54) is 19.4 Å². The first-order valence-electron chi connectivity index (χ1n) is 6.61. The molecule has 0 aromatic rings. The van der Waals surface area contributed by atoms with Crippen LogP contribution in [0.5, 0.6) is 0 Å². The lowest BCUT2D eigenvalue weighted by molar-refractivity contribution is -0.122. The summed E-state index contributed by atoms with van der Waals surface area (Å²) in [5.41, 5.74) is 2.22. The minimum Gasteiger partial charge on any atom is -0.298 e. The minimum atomic E-state index is -0.0708. The number of carbonyl (C=O) groups is 1. The van der Waals surface area contributed by atoms with Gasteiger partial charge in [0, 0.05) is 37.6 Å². The molecule has 0 bridgehead atoms. The normalized spacial score (nSPS) is 32.2. The molecular weight excluding hydrogens is 216 g/mol. The highest BCUT2D eigenvalue weighted by Gasteiger charge is 2.36. The van der Waals surface area contributed by atoms with Crippen LogP contribution in [-0.2, 0) is 4.79 Å². The second kappa shape index (κ2) is 5.33. The lowest BCUT2D eigenvalue weighted by Crippen LogP contribution is -2.58. The molecular formula is C12H24N4O. The quantitative estimate of drug-likeness (QED) is 0.412. The number of fused-ring (bicyclic) bond motifs is 1. The van der Waals surface area contributed by atoms with E-state index in [9.17, 15) is 4.79 Å². The third kappa shape index (κ3) is 2.78. The molecule has 17 heavy (non-hydrogen) atoms. The van der Waals surface area contributed by atoms with Crippen molar-refractivity contribution in [3.8, 4) is 0 Å². The van der Waals surface area contributed by atoms with Gasteiger partial charge in [-0.15, -0.1) is 0 Å². The predicted octanol–water partition coefficient (Wildman–Crippen LogP) is -0.0766. The molecule has 5 nitrogen and oxygen atoms in total. The zero-order valence-electron chi connectivity index (χ0n) is 10.9. The lowest BCUT2D eigenvalue weighted by atomic mass is 10.0. The summed E-state index contributed by atoms with van der Waals surface area (Å²) in [5.74, 6) is 5.07. The van der Waals surface area contributed by atoms with Crippen LogP contribution in [0.25, 0.3) is 0 Å². The van der Waals surface area contributed by atoms with Crippen molar-refractivity contribution in [3.05, 3.63) is 0 Å². The van der Waals surface area contributed by atoms with Gasteiger partial charge in [-0.25, -0.2) is 5.84 Å². The van der Waals surface area contributed by atoms with E-state index in [1.54, 1.807) is 0 Å². The molecule has 0 aromatic carbocycles. The molecule has 3 unspecified atom stereocenters. The van der Waals surface area contributed by atoms with Gasteiger partial charge in [0.25, 0.3) is 0 Å². The molecule has 0 radical (unpaired) electrons. The minimum absolute atomic E-state index is 0.0708. The first-order valence-corrected chi connectivity index (χ1v) is 6.61. The fourth-order valence-corrected chi connectivity index (χ4v) is 3.27. The van der Waals surface area contributed by atoms with E-state index in [-0.39, 0.29) is 11.9 Å². The Morgan fingerprint density at radius 2 is 2.29 bits per heavy atom. The SMILES string of the molecule is CC(CC(=O)NN)N1CC2CCCN2CC1C. The molecule has 0 spiro atoms. The van der Waals surface area contributed by atoms with Crippen LogP contribution in [0, 0.1) is 0 Å². The molecule has 0 aromatic heterocycles. The zero-order chi connectivity index (χ0) is 12.4. The number of piperazine rings is 1. The van der Waals surface area contributed by atoms with Gasteiger partial charge in [0.05, 0.1) is 0 Å². The van der Waals surface area contributed by atoms with Gasteiger partial charge in [0.1, 0.15) is 0 Å². The largest absolute Gasteiger partial charge is 0.298 e. The molecule has 2 heterocycles. The van der Waals surface area contributed by atoms with Crippen LogP contribution >= 0.6 is 0 Å². The van der Waals surface area contributed by atoms with E-state index in [2.05, 4.69) is 29.1 Å². The molecule has 98 valence electrons. The third-order valence-electron chi connectivity index (χ3n) is 4.19.